The first-order valence-corrected chi connectivity index (χ1v) is 8.12. The molecule has 0 radical (unpaired) electrons. The van der Waals surface area contributed by atoms with Crippen LogP contribution in [0.15, 0.2) is 0 Å². The Morgan fingerprint density at radius 1 is 1.00 bits per heavy atom. The van der Waals surface area contributed by atoms with Crippen LogP contribution in [0.2, 0.25) is 5.82 Å². The van der Waals surface area contributed by atoms with Crippen molar-refractivity contribution in [2.75, 3.05) is 0 Å². The third kappa shape index (κ3) is 2.95. The van der Waals surface area contributed by atoms with Crippen LogP contribution in [0.4, 0.5) is 0 Å². The van der Waals surface area contributed by atoms with Crippen LogP contribution in [0.1, 0.15) is 0 Å². The van der Waals surface area contributed by atoms with Crippen LogP contribution < -0.4 is 0 Å². The molecule has 0 rings (SSSR count). The van der Waals surface area contributed by atoms with Crippen molar-refractivity contribution in [2.45, 2.75) is 5.82 Å². The van der Waals surface area contributed by atoms with Crippen molar-refractivity contribution in [3.63, 3.8) is 0 Å². The minimum atomic E-state index is -4.62. The Morgan fingerprint density at radius 2 is 1.20 bits per heavy atom. The molecule has 0 spiro atoms. The summed E-state index contributed by atoms with van der Waals surface area (Å²) < 4.78 is 56.3. The standard InChI is InChI=1S/CH3.Fe.2HO3S/c;;2*1-4(2)3/h1H3;;2*(H,1,2,3). The summed E-state index contributed by atoms with van der Waals surface area (Å²) >= 11 is -2.99. The van der Waals surface area contributed by atoms with Gasteiger partial charge in [-0.05, 0) is 0 Å². The molecule has 0 unspecified atom stereocenters. The van der Waals surface area contributed by atoms with Gasteiger partial charge in [-0.3, -0.25) is 0 Å². The number of rotatable bonds is 2. The second kappa shape index (κ2) is 2.76. The van der Waals surface area contributed by atoms with Crippen LogP contribution in [-0.2, 0) is 28.7 Å². The summed E-state index contributed by atoms with van der Waals surface area (Å²) in [6.07, 6.45) is 0. The summed E-state index contributed by atoms with van der Waals surface area (Å²) in [4.78, 5) is 0. The quantitative estimate of drug-likeness (QED) is 0.480. The molecule has 0 aromatic carbocycles. The summed E-state index contributed by atoms with van der Waals surface area (Å²) in [5.74, 6) is 0.741. The van der Waals surface area contributed by atoms with Crippen LogP contribution in [0, 0.1) is 0 Å². The first-order chi connectivity index (χ1) is 4.15. The topological polar surface area (TPSA) is 109 Å². The average molecular weight is 233 g/mol. The van der Waals surface area contributed by atoms with Crippen molar-refractivity contribution in [3.05, 3.63) is 0 Å². The molecule has 9 heteroatoms. The van der Waals surface area contributed by atoms with E-state index >= 15 is 0 Å². The summed E-state index contributed by atoms with van der Waals surface area (Å²) in [6, 6.07) is 0. The van der Waals surface area contributed by atoms with Crippen LogP contribution in [0.5, 0.6) is 0 Å². The molecule has 6 nitrogen and oxygen atoms in total. The van der Waals surface area contributed by atoms with Crippen molar-refractivity contribution < 1.29 is 37.6 Å². The molecule has 10 heavy (non-hydrogen) atoms. The van der Waals surface area contributed by atoms with Gasteiger partial charge in [0.25, 0.3) is 0 Å². The zero-order valence-corrected chi connectivity index (χ0v) is 7.43. The van der Waals surface area contributed by atoms with E-state index in [1.165, 1.54) is 0 Å². The van der Waals surface area contributed by atoms with Gasteiger partial charge in [0.15, 0.2) is 0 Å². The third-order valence-electron chi connectivity index (χ3n) is 0.514. The summed E-state index contributed by atoms with van der Waals surface area (Å²) in [5, 5.41) is 0. The van der Waals surface area contributed by atoms with E-state index in [1.54, 1.807) is 0 Å². The molecule has 0 aromatic heterocycles. The van der Waals surface area contributed by atoms with E-state index in [0.717, 1.165) is 5.82 Å². The zero-order valence-electron chi connectivity index (χ0n) is 4.70. The van der Waals surface area contributed by atoms with Crippen molar-refractivity contribution in [1.82, 2.24) is 0 Å². The predicted molar refractivity (Wildman–Crippen MR) is 29.0 cm³/mol. The van der Waals surface area contributed by atoms with E-state index in [-0.39, 0.29) is 0 Å². The van der Waals surface area contributed by atoms with Gasteiger partial charge in [-0.25, -0.2) is 0 Å². The normalized spacial score (nSPS) is 14.9. The maximum absolute atomic E-state index is 10.0. The van der Waals surface area contributed by atoms with Crippen LogP contribution in [0.3, 0.4) is 0 Å². The second-order valence-electron chi connectivity index (χ2n) is 1.15. The molecule has 0 saturated carbocycles. The summed E-state index contributed by atoms with van der Waals surface area (Å²) in [6.45, 7) is 0. The van der Waals surface area contributed by atoms with Gasteiger partial charge in [-0.1, -0.05) is 0 Å². The molecule has 0 heterocycles. The second-order valence-corrected chi connectivity index (χ2v) is 11.6. The molecule has 0 bridgehead atoms. The van der Waals surface area contributed by atoms with Crippen LogP contribution in [0.25, 0.3) is 0 Å². The van der Waals surface area contributed by atoms with Crippen molar-refractivity contribution in [3.8, 4) is 0 Å². The van der Waals surface area contributed by atoms with Crippen molar-refractivity contribution >= 4 is 17.1 Å². The Hall–Kier alpha value is 0.339. The van der Waals surface area contributed by atoms with Gasteiger partial charge in [-0.15, -0.1) is 0 Å². The zero-order chi connectivity index (χ0) is 8.58. The first-order valence-electron chi connectivity index (χ1n) is 1.67. The van der Waals surface area contributed by atoms with Gasteiger partial charge in [0.1, 0.15) is 0 Å². The van der Waals surface area contributed by atoms with E-state index in [2.05, 4.69) is 0 Å². The third-order valence-corrected chi connectivity index (χ3v) is 10.0. The average Bonchev–Trinajstić information content (AvgIpc) is 1.59. The van der Waals surface area contributed by atoms with E-state index in [1.807, 2.05) is 0 Å². The SMILES string of the molecule is [CH3][Fe]([S](=O)(=O)O)[S](=O)(=O)O. The monoisotopic (exact) mass is 233 g/mol. The first kappa shape index (κ1) is 10.3. The Balaban J connectivity index is 4.94. The molecule has 0 aliphatic heterocycles. The molecule has 0 fully saturated rings. The maximum atomic E-state index is 10.0. The van der Waals surface area contributed by atoms with Crippen LogP contribution in [-0.4, -0.2) is 25.9 Å². The van der Waals surface area contributed by atoms with Crippen molar-refractivity contribution in [2.24, 2.45) is 0 Å². The van der Waals surface area contributed by atoms with Gasteiger partial charge >= 0.3 is 60.5 Å². The fourth-order valence-corrected chi connectivity index (χ4v) is 3.49. The molecule has 0 saturated heterocycles. The number of hydrogen-bond donors (Lipinski definition) is 2. The minimum absolute atomic E-state index is 0.741. The Bertz CT molecular complexity index is 265. The van der Waals surface area contributed by atoms with Crippen LogP contribution >= 0.6 is 0 Å². The summed E-state index contributed by atoms with van der Waals surface area (Å²) in [5.41, 5.74) is 0. The van der Waals surface area contributed by atoms with Gasteiger partial charge in [0.2, 0.25) is 0 Å². The molecule has 0 aliphatic carbocycles. The Kier molecular flexibility index (Phi) is 2.85. The van der Waals surface area contributed by atoms with Gasteiger partial charge in [-0.2, -0.15) is 0 Å². The van der Waals surface area contributed by atoms with E-state index in [0.29, 0.717) is 0 Å². The van der Waals surface area contributed by atoms with E-state index in [4.69, 9.17) is 9.11 Å². The van der Waals surface area contributed by atoms with E-state index in [9.17, 15) is 16.8 Å². The molecular formula is CH5FeO6S2. The Labute approximate surface area is 60.8 Å². The van der Waals surface area contributed by atoms with Gasteiger partial charge in [0.05, 0.1) is 0 Å². The van der Waals surface area contributed by atoms with Gasteiger partial charge in [0, 0.05) is 0 Å². The fraction of sp³-hybridized carbons (Fsp3) is 1.00. The molecule has 0 aliphatic rings. The van der Waals surface area contributed by atoms with E-state index < -0.39 is 28.7 Å². The predicted octanol–water partition coefficient (Wildman–Crippen LogP) is -0.742. The number of hydrogen-bond acceptors (Lipinski definition) is 4. The Morgan fingerprint density at radius 3 is 1.20 bits per heavy atom. The molecular weight excluding hydrogens is 228 g/mol. The fourth-order valence-electron chi connectivity index (χ4n) is 0.0941. The van der Waals surface area contributed by atoms with Gasteiger partial charge < -0.3 is 0 Å². The molecule has 0 aromatic rings. The molecule has 0 amide bonds. The molecule has 2 N–H and O–H groups in total. The van der Waals surface area contributed by atoms with Crippen molar-refractivity contribution in [1.29, 1.82) is 0 Å². The molecule has 65 valence electrons. The molecule has 0 atom stereocenters. The summed E-state index contributed by atoms with van der Waals surface area (Å²) in [7, 11) is -9.23.